The Morgan fingerprint density at radius 2 is 1.75 bits per heavy atom. The van der Waals surface area contributed by atoms with E-state index >= 15 is 0 Å². The monoisotopic (exact) mass is 224 g/mol. The van der Waals surface area contributed by atoms with Gasteiger partial charge in [-0.2, -0.15) is 0 Å². The van der Waals surface area contributed by atoms with Crippen LogP contribution < -0.4 is 21.1 Å². The molecule has 0 saturated carbocycles. The molecule has 0 bridgehead atoms. The molecule has 0 spiro atoms. The Kier molecular flexibility index (Phi) is 3.41. The number of hydrogen-bond donors (Lipinski definition) is 1. The Morgan fingerprint density at radius 3 is 2.19 bits per heavy atom. The third-order valence-corrected chi connectivity index (χ3v) is 2.33. The Morgan fingerprint density at radius 1 is 1.19 bits per heavy atom. The quantitative estimate of drug-likeness (QED) is 0.784. The zero-order valence-corrected chi connectivity index (χ0v) is 10.7. The van der Waals surface area contributed by atoms with Crippen molar-refractivity contribution < 1.29 is 0 Å². The first-order valence-corrected chi connectivity index (χ1v) is 5.60. The van der Waals surface area contributed by atoms with Gasteiger partial charge in [-0.25, -0.2) is 0 Å². The van der Waals surface area contributed by atoms with Crippen LogP contribution >= 0.6 is 0 Å². The standard InChI is InChI=1S/C12H20N2O2/c1-6-7-14(5)9-8(10(15)11(9)16)13-12(2,3)4/h13H,6-7H2,1-5H3. The topological polar surface area (TPSA) is 49.4 Å². The first kappa shape index (κ1) is 12.7. The lowest BCUT2D eigenvalue weighted by Crippen LogP contribution is -2.44. The molecule has 0 aliphatic rings. The molecule has 0 aromatic heterocycles. The minimum atomic E-state index is -0.395. The fourth-order valence-corrected chi connectivity index (χ4v) is 1.68. The van der Waals surface area contributed by atoms with E-state index in [1.54, 1.807) is 0 Å². The van der Waals surface area contributed by atoms with E-state index in [9.17, 15) is 9.59 Å². The fraction of sp³-hybridized carbons (Fsp3) is 0.667. The van der Waals surface area contributed by atoms with Crippen molar-refractivity contribution in [2.45, 2.75) is 39.7 Å². The Balaban J connectivity index is 2.99. The molecule has 1 rings (SSSR count). The van der Waals surface area contributed by atoms with Crippen LogP contribution in [0.5, 0.6) is 0 Å². The summed E-state index contributed by atoms with van der Waals surface area (Å²) in [7, 11) is 1.84. The van der Waals surface area contributed by atoms with Crippen LogP contribution in [0.15, 0.2) is 9.59 Å². The summed E-state index contributed by atoms with van der Waals surface area (Å²) in [4.78, 5) is 24.8. The van der Waals surface area contributed by atoms with Crippen LogP contribution in [0.4, 0.5) is 11.4 Å². The van der Waals surface area contributed by atoms with Crippen LogP contribution in [-0.2, 0) is 0 Å². The van der Waals surface area contributed by atoms with Crippen LogP contribution in [0.3, 0.4) is 0 Å². The number of anilines is 2. The van der Waals surface area contributed by atoms with Gasteiger partial charge in [-0.3, -0.25) is 9.59 Å². The highest BCUT2D eigenvalue weighted by Gasteiger charge is 2.26. The average molecular weight is 224 g/mol. The van der Waals surface area contributed by atoms with Crippen molar-refractivity contribution in [1.29, 1.82) is 0 Å². The van der Waals surface area contributed by atoms with Crippen LogP contribution in [0.1, 0.15) is 34.1 Å². The molecule has 16 heavy (non-hydrogen) atoms. The van der Waals surface area contributed by atoms with Crippen LogP contribution in [0, 0.1) is 0 Å². The third kappa shape index (κ3) is 2.43. The second kappa shape index (κ2) is 4.28. The summed E-state index contributed by atoms with van der Waals surface area (Å²) in [6.45, 7) is 8.72. The summed E-state index contributed by atoms with van der Waals surface area (Å²) in [6.07, 6.45) is 0.949. The minimum absolute atomic E-state index is 0.204. The lowest BCUT2D eigenvalue weighted by molar-refractivity contribution is 0.631. The second-order valence-corrected chi connectivity index (χ2v) is 5.18. The smallest absolute Gasteiger partial charge is 0.253 e. The van der Waals surface area contributed by atoms with Gasteiger partial charge >= 0.3 is 0 Å². The summed E-state index contributed by atoms with van der Waals surface area (Å²) >= 11 is 0. The number of nitrogens with zero attached hydrogens (tertiary/aromatic N) is 1. The highest BCUT2D eigenvalue weighted by molar-refractivity contribution is 5.75. The van der Waals surface area contributed by atoms with Crippen molar-refractivity contribution in [3.63, 3.8) is 0 Å². The van der Waals surface area contributed by atoms with Gasteiger partial charge < -0.3 is 10.2 Å². The molecule has 0 aliphatic heterocycles. The van der Waals surface area contributed by atoms with Crippen molar-refractivity contribution in [1.82, 2.24) is 0 Å². The van der Waals surface area contributed by atoms with E-state index in [-0.39, 0.29) is 11.0 Å². The molecule has 0 amide bonds. The summed E-state index contributed by atoms with van der Waals surface area (Å²) in [6, 6.07) is 0. The lowest BCUT2D eigenvalue weighted by Gasteiger charge is -2.28. The molecule has 0 fully saturated rings. The molecule has 0 radical (unpaired) electrons. The van der Waals surface area contributed by atoms with Crippen molar-refractivity contribution in [3.8, 4) is 0 Å². The zero-order chi connectivity index (χ0) is 12.5. The molecular formula is C12H20N2O2. The largest absolute Gasteiger partial charge is 0.375 e. The van der Waals surface area contributed by atoms with Crippen LogP contribution in [-0.4, -0.2) is 19.1 Å². The van der Waals surface area contributed by atoms with Crippen LogP contribution in [0.25, 0.3) is 0 Å². The summed E-state index contributed by atoms with van der Waals surface area (Å²) < 4.78 is 0. The predicted octanol–water partition coefficient (Wildman–Crippen LogP) is 1.34. The molecule has 1 aromatic carbocycles. The maximum Gasteiger partial charge on any atom is 0.253 e. The molecule has 0 heterocycles. The Hall–Kier alpha value is -1.32. The van der Waals surface area contributed by atoms with Crippen molar-refractivity contribution in [2.24, 2.45) is 0 Å². The van der Waals surface area contributed by atoms with E-state index in [0.29, 0.717) is 11.4 Å². The Labute approximate surface area is 96.0 Å². The van der Waals surface area contributed by atoms with Crippen molar-refractivity contribution >= 4 is 11.4 Å². The van der Waals surface area contributed by atoms with E-state index in [1.807, 2.05) is 39.6 Å². The molecule has 1 aromatic rings. The molecule has 4 nitrogen and oxygen atoms in total. The summed E-state index contributed by atoms with van der Waals surface area (Å²) in [5.74, 6) is 0. The van der Waals surface area contributed by atoms with Gasteiger partial charge in [0.05, 0.1) is 0 Å². The minimum Gasteiger partial charge on any atom is -0.375 e. The molecule has 0 unspecified atom stereocenters. The van der Waals surface area contributed by atoms with E-state index in [4.69, 9.17) is 0 Å². The van der Waals surface area contributed by atoms with E-state index in [0.717, 1.165) is 13.0 Å². The van der Waals surface area contributed by atoms with E-state index < -0.39 is 5.43 Å². The fourth-order valence-electron chi connectivity index (χ4n) is 1.68. The first-order valence-electron chi connectivity index (χ1n) is 5.60. The maximum absolute atomic E-state index is 11.5. The van der Waals surface area contributed by atoms with Crippen molar-refractivity contribution in [3.05, 3.63) is 20.4 Å². The van der Waals surface area contributed by atoms with Gasteiger partial charge in [0.15, 0.2) is 0 Å². The van der Waals surface area contributed by atoms with Gasteiger partial charge in [0, 0.05) is 19.1 Å². The SMILES string of the molecule is CCCN(C)c1c(NC(C)(C)C)c(=O)c1=O. The number of nitrogens with one attached hydrogen (secondary N) is 1. The summed E-state index contributed by atoms with van der Waals surface area (Å²) in [5.41, 5.74) is 0.0232. The third-order valence-electron chi connectivity index (χ3n) is 2.33. The zero-order valence-electron chi connectivity index (χ0n) is 10.7. The highest BCUT2D eigenvalue weighted by atomic mass is 16.2. The van der Waals surface area contributed by atoms with Gasteiger partial charge in [0.1, 0.15) is 11.4 Å². The molecule has 1 N–H and O–H groups in total. The molecule has 0 saturated heterocycles. The molecular weight excluding hydrogens is 204 g/mol. The van der Waals surface area contributed by atoms with Gasteiger partial charge in [-0.05, 0) is 27.2 Å². The van der Waals surface area contributed by atoms with E-state index in [2.05, 4.69) is 5.32 Å². The van der Waals surface area contributed by atoms with Gasteiger partial charge in [0.25, 0.3) is 10.9 Å². The highest BCUT2D eigenvalue weighted by Crippen LogP contribution is 2.22. The predicted molar refractivity (Wildman–Crippen MR) is 68.3 cm³/mol. The molecule has 4 heteroatoms. The summed E-state index contributed by atoms with van der Waals surface area (Å²) in [5, 5.41) is 3.09. The van der Waals surface area contributed by atoms with E-state index in [1.165, 1.54) is 0 Å². The lowest BCUT2D eigenvalue weighted by atomic mass is 10.1. The number of rotatable bonds is 4. The Bertz CT molecular complexity index is 436. The van der Waals surface area contributed by atoms with Gasteiger partial charge in [0.2, 0.25) is 0 Å². The maximum atomic E-state index is 11.5. The molecule has 90 valence electrons. The molecule has 0 aliphatic carbocycles. The van der Waals surface area contributed by atoms with Crippen molar-refractivity contribution in [2.75, 3.05) is 23.8 Å². The average Bonchev–Trinajstić information content (AvgIpc) is 2.15. The normalized spacial score (nSPS) is 11.8. The number of hydrogen-bond acceptors (Lipinski definition) is 4. The van der Waals surface area contributed by atoms with Gasteiger partial charge in [-0.1, -0.05) is 6.92 Å². The second-order valence-electron chi connectivity index (χ2n) is 5.18. The first-order chi connectivity index (χ1) is 7.28. The van der Waals surface area contributed by atoms with Crippen LogP contribution in [0.2, 0.25) is 0 Å². The van der Waals surface area contributed by atoms with Gasteiger partial charge in [-0.15, -0.1) is 0 Å². The molecule has 0 atom stereocenters.